The molecule has 2 aromatic carbocycles. The van der Waals surface area contributed by atoms with E-state index in [9.17, 15) is 4.79 Å². The van der Waals surface area contributed by atoms with Gasteiger partial charge in [-0.25, -0.2) is 0 Å². The van der Waals surface area contributed by atoms with Gasteiger partial charge in [0.2, 0.25) is 0 Å². The number of carbonyl (C=O) groups excluding carboxylic acids is 1. The van der Waals surface area contributed by atoms with Gasteiger partial charge < -0.3 is 14.6 Å². The molecule has 1 aromatic heterocycles. The van der Waals surface area contributed by atoms with Crippen molar-refractivity contribution in [3.8, 4) is 0 Å². The minimum absolute atomic E-state index is 0.00230. The van der Waals surface area contributed by atoms with Gasteiger partial charge in [0, 0.05) is 49.3 Å². The first kappa shape index (κ1) is 19.7. The molecule has 1 fully saturated rings. The van der Waals surface area contributed by atoms with Crippen LogP contribution in [0.5, 0.6) is 0 Å². The summed E-state index contributed by atoms with van der Waals surface area (Å²) in [4.78, 5) is 15.4. The number of aromatic nitrogens is 1. The highest BCUT2D eigenvalue weighted by Gasteiger charge is 2.18. The number of hydrogen-bond donors (Lipinski definition) is 1. The second-order valence-corrected chi connectivity index (χ2v) is 7.79. The van der Waals surface area contributed by atoms with E-state index in [1.165, 1.54) is 5.56 Å². The van der Waals surface area contributed by atoms with Crippen LogP contribution in [0.1, 0.15) is 29.3 Å². The van der Waals surface area contributed by atoms with Crippen LogP contribution in [0, 0.1) is 0 Å². The smallest absolute Gasteiger partial charge is 0.253 e. The van der Waals surface area contributed by atoms with E-state index in [4.69, 9.17) is 4.74 Å². The van der Waals surface area contributed by atoms with Gasteiger partial charge in [-0.2, -0.15) is 0 Å². The van der Waals surface area contributed by atoms with Gasteiger partial charge in [-0.05, 0) is 25.0 Å². The fraction of sp³-hybridized carbons (Fsp3) is 0.375. The molecule has 1 aliphatic rings. The van der Waals surface area contributed by atoms with Crippen molar-refractivity contribution in [2.75, 3.05) is 32.8 Å². The Balaban J connectivity index is 1.45. The summed E-state index contributed by atoms with van der Waals surface area (Å²) in [6.45, 7) is 7.40. The summed E-state index contributed by atoms with van der Waals surface area (Å²) in [5.74, 6) is 0.00230. The van der Waals surface area contributed by atoms with Crippen LogP contribution in [0.15, 0.2) is 60.8 Å². The van der Waals surface area contributed by atoms with Gasteiger partial charge in [0.25, 0.3) is 5.91 Å². The lowest BCUT2D eigenvalue weighted by molar-refractivity contribution is 0.0363. The van der Waals surface area contributed by atoms with Crippen molar-refractivity contribution >= 4 is 16.8 Å². The van der Waals surface area contributed by atoms with E-state index < -0.39 is 0 Å². The third kappa shape index (κ3) is 4.86. The Bertz CT molecular complexity index is 945. The van der Waals surface area contributed by atoms with Gasteiger partial charge in [0.15, 0.2) is 0 Å². The van der Waals surface area contributed by atoms with Crippen molar-refractivity contribution in [3.05, 3.63) is 71.9 Å². The predicted octanol–water partition coefficient (Wildman–Crippen LogP) is 3.53. The van der Waals surface area contributed by atoms with Crippen LogP contribution in [0.2, 0.25) is 0 Å². The van der Waals surface area contributed by atoms with Crippen LogP contribution in [0.3, 0.4) is 0 Å². The molecule has 0 saturated carbocycles. The molecule has 0 aliphatic carbocycles. The number of amides is 1. The van der Waals surface area contributed by atoms with E-state index in [-0.39, 0.29) is 11.9 Å². The Hall–Kier alpha value is -2.63. The van der Waals surface area contributed by atoms with Gasteiger partial charge in [0.1, 0.15) is 0 Å². The third-order valence-electron chi connectivity index (χ3n) is 5.59. The van der Waals surface area contributed by atoms with E-state index in [0.717, 1.165) is 62.3 Å². The fourth-order valence-electron chi connectivity index (χ4n) is 3.91. The molecule has 4 rings (SSSR count). The largest absolute Gasteiger partial charge is 0.379 e. The predicted molar refractivity (Wildman–Crippen MR) is 116 cm³/mol. The maximum absolute atomic E-state index is 13.0. The lowest BCUT2D eigenvalue weighted by Crippen LogP contribution is -2.40. The molecule has 1 amide bonds. The molecule has 1 unspecified atom stereocenters. The molecule has 2 heterocycles. The van der Waals surface area contributed by atoms with Crippen molar-refractivity contribution in [1.29, 1.82) is 0 Å². The molecule has 3 aromatic rings. The van der Waals surface area contributed by atoms with E-state index >= 15 is 0 Å². The molecule has 1 saturated heterocycles. The second-order valence-electron chi connectivity index (χ2n) is 7.79. The van der Waals surface area contributed by atoms with Crippen molar-refractivity contribution in [2.45, 2.75) is 25.9 Å². The molecule has 0 spiro atoms. The van der Waals surface area contributed by atoms with Crippen LogP contribution in [0.25, 0.3) is 10.9 Å². The SMILES string of the molecule is CC(CCN1CCOCC1)NC(=O)c1cn(Cc2ccccc2)c2ccccc12. The van der Waals surface area contributed by atoms with Crippen molar-refractivity contribution < 1.29 is 9.53 Å². The number of rotatable bonds is 7. The zero-order valence-electron chi connectivity index (χ0n) is 17.0. The van der Waals surface area contributed by atoms with Gasteiger partial charge in [-0.1, -0.05) is 48.5 Å². The van der Waals surface area contributed by atoms with Crippen molar-refractivity contribution in [3.63, 3.8) is 0 Å². The maximum Gasteiger partial charge on any atom is 0.253 e. The van der Waals surface area contributed by atoms with Crippen LogP contribution < -0.4 is 5.32 Å². The first-order valence-corrected chi connectivity index (χ1v) is 10.4. The molecule has 1 atom stereocenters. The maximum atomic E-state index is 13.0. The lowest BCUT2D eigenvalue weighted by atomic mass is 10.1. The molecule has 1 aliphatic heterocycles. The minimum atomic E-state index is 0.00230. The zero-order chi connectivity index (χ0) is 20.1. The molecular weight excluding hydrogens is 362 g/mol. The molecule has 5 heteroatoms. The Morgan fingerprint density at radius 1 is 1.07 bits per heavy atom. The molecule has 0 bridgehead atoms. The fourth-order valence-corrected chi connectivity index (χ4v) is 3.91. The lowest BCUT2D eigenvalue weighted by Gasteiger charge is -2.27. The summed E-state index contributed by atoms with van der Waals surface area (Å²) in [5, 5.41) is 4.20. The monoisotopic (exact) mass is 391 g/mol. The number of hydrogen-bond acceptors (Lipinski definition) is 3. The van der Waals surface area contributed by atoms with E-state index in [1.807, 2.05) is 42.6 Å². The van der Waals surface area contributed by atoms with Gasteiger partial charge in [-0.15, -0.1) is 0 Å². The van der Waals surface area contributed by atoms with Crippen LogP contribution in [-0.2, 0) is 11.3 Å². The van der Waals surface area contributed by atoms with Gasteiger partial charge in [-0.3, -0.25) is 9.69 Å². The molecule has 5 nitrogen and oxygen atoms in total. The average Bonchev–Trinajstić information content (AvgIpc) is 3.12. The number of morpholine rings is 1. The highest BCUT2D eigenvalue weighted by atomic mass is 16.5. The number of nitrogens with one attached hydrogen (secondary N) is 1. The summed E-state index contributed by atoms with van der Waals surface area (Å²) in [5.41, 5.74) is 3.05. The van der Waals surface area contributed by atoms with E-state index in [1.54, 1.807) is 0 Å². The normalized spacial score (nSPS) is 16.0. The van der Waals surface area contributed by atoms with Crippen LogP contribution >= 0.6 is 0 Å². The second kappa shape index (κ2) is 9.25. The summed E-state index contributed by atoms with van der Waals surface area (Å²) in [6.07, 6.45) is 2.93. The topological polar surface area (TPSA) is 46.5 Å². The highest BCUT2D eigenvalue weighted by Crippen LogP contribution is 2.22. The Morgan fingerprint density at radius 3 is 2.59 bits per heavy atom. The average molecular weight is 392 g/mol. The summed E-state index contributed by atoms with van der Waals surface area (Å²) in [6, 6.07) is 18.6. The summed E-state index contributed by atoms with van der Waals surface area (Å²) in [7, 11) is 0. The van der Waals surface area contributed by atoms with E-state index in [0.29, 0.717) is 0 Å². The molecule has 1 N–H and O–H groups in total. The number of nitrogens with zero attached hydrogens (tertiary/aromatic N) is 2. The first-order chi connectivity index (χ1) is 14.2. The van der Waals surface area contributed by atoms with Crippen molar-refractivity contribution in [1.82, 2.24) is 14.8 Å². The molecule has 29 heavy (non-hydrogen) atoms. The standard InChI is InChI=1S/C24H29N3O2/c1-19(11-12-26-13-15-29-16-14-26)25-24(28)22-18-27(17-20-7-3-2-4-8-20)23-10-6-5-9-21(22)23/h2-10,18-19H,11-17H2,1H3,(H,25,28). The van der Waals surface area contributed by atoms with Crippen LogP contribution in [-0.4, -0.2) is 54.3 Å². The zero-order valence-corrected chi connectivity index (χ0v) is 17.0. The van der Waals surface area contributed by atoms with E-state index in [2.05, 4.69) is 39.9 Å². The number of fused-ring (bicyclic) bond motifs is 1. The third-order valence-corrected chi connectivity index (χ3v) is 5.59. The number of carbonyl (C=O) groups is 1. The molecule has 0 radical (unpaired) electrons. The number of para-hydroxylation sites is 1. The Kier molecular flexibility index (Phi) is 6.27. The van der Waals surface area contributed by atoms with Crippen LogP contribution in [0.4, 0.5) is 0 Å². The van der Waals surface area contributed by atoms with Crippen molar-refractivity contribution in [2.24, 2.45) is 0 Å². The van der Waals surface area contributed by atoms with Gasteiger partial charge in [0.05, 0.1) is 18.8 Å². The summed E-state index contributed by atoms with van der Waals surface area (Å²) < 4.78 is 7.57. The molecule has 152 valence electrons. The summed E-state index contributed by atoms with van der Waals surface area (Å²) >= 11 is 0. The minimum Gasteiger partial charge on any atom is -0.379 e. The first-order valence-electron chi connectivity index (χ1n) is 10.4. The number of ether oxygens (including phenoxy) is 1. The molecular formula is C24H29N3O2. The number of benzene rings is 2. The Morgan fingerprint density at radius 2 is 1.79 bits per heavy atom. The highest BCUT2D eigenvalue weighted by molar-refractivity contribution is 6.07. The van der Waals surface area contributed by atoms with Gasteiger partial charge >= 0.3 is 0 Å². The quantitative estimate of drug-likeness (QED) is 0.670. The Labute approximate surface area is 172 Å².